The maximum absolute atomic E-state index is 12.5. The number of anilines is 3. The second-order valence-electron chi connectivity index (χ2n) is 8.22. The van der Waals surface area contributed by atoms with Gasteiger partial charge < -0.3 is 20.1 Å². The van der Waals surface area contributed by atoms with Crippen LogP contribution in [-0.4, -0.2) is 68.3 Å². The number of carbonyl (C=O) groups is 1. The predicted octanol–water partition coefficient (Wildman–Crippen LogP) is 3.41. The van der Waals surface area contributed by atoms with Crippen LogP contribution in [0.2, 0.25) is 0 Å². The molecule has 0 unspecified atom stereocenters. The molecule has 0 aliphatic carbocycles. The molecule has 2 N–H and O–H groups in total. The van der Waals surface area contributed by atoms with E-state index in [0.29, 0.717) is 60.1 Å². The molecule has 4 heterocycles. The van der Waals surface area contributed by atoms with Crippen molar-refractivity contribution in [2.24, 2.45) is 5.92 Å². The number of ether oxygens (including phenoxy) is 1. The Morgan fingerprint density at radius 2 is 2.14 bits per heavy atom. The highest BCUT2D eigenvalue weighted by Crippen LogP contribution is 2.30. The number of alkyl halides is 3. The molecule has 3 aromatic heterocycles. The van der Waals surface area contributed by atoms with Gasteiger partial charge in [-0.2, -0.15) is 23.3 Å². The highest BCUT2D eigenvalue weighted by Gasteiger charge is 2.29. The number of rotatable bonds is 9. The maximum atomic E-state index is 12.5. The fourth-order valence-electron chi connectivity index (χ4n) is 4.02. The van der Waals surface area contributed by atoms with E-state index in [9.17, 15) is 23.1 Å². The summed E-state index contributed by atoms with van der Waals surface area (Å²) in [5, 5.41) is 17.2. The number of fused-ring (bicyclic) bond motifs is 1. The Kier molecular flexibility index (Phi) is 7.34. The molecule has 0 bridgehead atoms. The zero-order valence-corrected chi connectivity index (χ0v) is 19.1. The first-order valence-corrected chi connectivity index (χ1v) is 11.3. The highest BCUT2D eigenvalue weighted by molar-refractivity contribution is 5.90. The van der Waals surface area contributed by atoms with E-state index >= 15 is 0 Å². The molecule has 4 rings (SSSR count). The minimum Gasteiger partial charge on any atom is -0.481 e. The summed E-state index contributed by atoms with van der Waals surface area (Å²) in [6.45, 7) is 1.32. The van der Waals surface area contributed by atoms with Crippen LogP contribution in [-0.2, 0) is 22.5 Å². The van der Waals surface area contributed by atoms with Crippen molar-refractivity contribution in [2.45, 2.75) is 38.9 Å². The van der Waals surface area contributed by atoms with Crippen LogP contribution in [0, 0.1) is 5.92 Å². The Bertz CT molecular complexity index is 1170. The van der Waals surface area contributed by atoms with Gasteiger partial charge in [-0.05, 0) is 31.4 Å². The van der Waals surface area contributed by atoms with Crippen molar-refractivity contribution < 1.29 is 27.8 Å². The SMILES string of the molecule is CCc1nn(CCOCC(F)(F)F)c2c(Nc3ccccn3)nc(N3CCC[C@@H](C(=O)O)C3)nc12. The Labute approximate surface area is 199 Å². The lowest BCUT2D eigenvalue weighted by Gasteiger charge is -2.31. The number of hydrogen-bond acceptors (Lipinski definition) is 8. The number of aromatic nitrogens is 5. The van der Waals surface area contributed by atoms with Gasteiger partial charge in [0.2, 0.25) is 5.95 Å². The number of halogens is 3. The van der Waals surface area contributed by atoms with Crippen LogP contribution in [0.15, 0.2) is 24.4 Å². The van der Waals surface area contributed by atoms with Gasteiger partial charge in [0.05, 0.1) is 24.8 Å². The normalized spacial score (nSPS) is 16.6. The van der Waals surface area contributed by atoms with E-state index in [1.165, 1.54) is 4.68 Å². The fraction of sp³-hybridized carbons (Fsp3) is 0.500. The van der Waals surface area contributed by atoms with Gasteiger partial charge in [-0.3, -0.25) is 9.48 Å². The number of aryl methyl sites for hydroxylation is 1. The third kappa shape index (κ3) is 5.96. The summed E-state index contributed by atoms with van der Waals surface area (Å²) in [4.78, 5) is 27.1. The summed E-state index contributed by atoms with van der Waals surface area (Å²) in [5.41, 5.74) is 1.71. The smallest absolute Gasteiger partial charge is 0.411 e. The molecule has 0 aromatic carbocycles. The van der Waals surface area contributed by atoms with Crippen LogP contribution in [0.25, 0.3) is 11.0 Å². The van der Waals surface area contributed by atoms with Crippen LogP contribution >= 0.6 is 0 Å². The Balaban J connectivity index is 1.72. The molecular weight excluding hydrogens is 467 g/mol. The van der Waals surface area contributed by atoms with Gasteiger partial charge >= 0.3 is 12.1 Å². The third-order valence-electron chi connectivity index (χ3n) is 5.66. The highest BCUT2D eigenvalue weighted by atomic mass is 19.4. The van der Waals surface area contributed by atoms with E-state index in [1.54, 1.807) is 24.4 Å². The number of nitrogens with one attached hydrogen (secondary N) is 1. The van der Waals surface area contributed by atoms with E-state index in [2.05, 4.69) is 20.4 Å². The summed E-state index contributed by atoms with van der Waals surface area (Å²) in [7, 11) is 0. The summed E-state index contributed by atoms with van der Waals surface area (Å²) in [5.74, 6) is -0.119. The van der Waals surface area contributed by atoms with Gasteiger partial charge in [-0.25, -0.2) is 9.97 Å². The molecule has 1 saturated heterocycles. The predicted molar refractivity (Wildman–Crippen MR) is 122 cm³/mol. The van der Waals surface area contributed by atoms with Crippen molar-refractivity contribution in [3.05, 3.63) is 30.1 Å². The maximum Gasteiger partial charge on any atom is 0.411 e. The van der Waals surface area contributed by atoms with Crippen molar-refractivity contribution in [2.75, 3.05) is 36.5 Å². The zero-order valence-electron chi connectivity index (χ0n) is 19.1. The van der Waals surface area contributed by atoms with Crippen LogP contribution in [0.1, 0.15) is 25.5 Å². The van der Waals surface area contributed by atoms with Gasteiger partial charge in [0.1, 0.15) is 23.5 Å². The lowest BCUT2D eigenvalue weighted by Crippen LogP contribution is -2.39. The number of hydrogen-bond donors (Lipinski definition) is 2. The Hall–Kier alpha value is -3.48. The van der Waals surface area contributed by atoms with Crippen LogP contribution in [0.3, 0.4) is 0 Å². The summed E-state index contributed by atoms with van der Waals surface area (Å²) in [6, 6.07) is 5.32. The number of pyridine rings is 1. The quantitative estimate of drug-likeness (QED) is 0.432. The Morgan fingerprint density at radius 3 is 2.83 bits per heavy atom. The van der Waals surface area contributed by atoms with Crippen LogP contribution in [0.5, 0.6) is 0 Å². The number of aliphatic carboxylic acids is 1. The van der Waals surface area contributed by atoms with E-state index in [-0.39, 0.29) is 19.7 Å². The minimum absolute atomic E-state index is 0.0665. The molecule has 0 saturated carbocycles. The number of piperidine rings is 1. The molecule has 1 fully saturated rings. The molecule has 13 heteroatoms. The van der Waals surface area contributed by atoms with Crippen molar-refractivity contribution in [3.8, 4) is 0 Å². The molecule has 1 aliphatic heterocycles. The molecule has 1 aliphatic rings. The molecule has 0 radical (unpaired) electrons. The molecule has 35 heavy (non-hydrogen) atoms. The number of carboxylic acid groups (broad SMARTS) is 1. The first-order chi connectivity index (χ1) is 16.7. The molecule has 188 valence electrons. The van der Waals surface area contributed by atoms with Gasteiger partial charge in [-0.1, -0.05) is 13.0 Å². The average molecular weight is 493 g/mol. The van der Waals surface area contributed by atoms with E-state index < -0.39 is 24.7 Å². The number of nitrogens with zero attached hydrogens (tertiary/aromatic N) is 6. The molecule has 1 atom stereocenters. The molecular formula is C22H26F3N7O3. The second-order valence-corrected chi connectivity index (χ2v) is 8.22. The lowest BCUT2D eigenvalue weighted by atomic mass is 9.99. The van der Waals surface area contributed by atoms with E-state index in [0.717, 1.165) is 0 Å². The van der Waals surface area contributed by atoms with Crippen molar-refractivity contribution in [3.63, 3.8) is 0 Å². The van der Waals surface area contributed by atoms with Crippen molar-refractivity contribution >= 4 is 34.6 Å². The largest absolute Gasteiger partial charge is 0.481 e. The van der Waals surface area contributed by atoms with Gasteiger partial charge in [-0.15, -0.1) is 0 Å². The molecule has 3 aromatic rings. The topological polar surface area (TPSA) is 118 Å². The average Bonchev–Trinajstić information content (AvgIpc) is 3.20. The summed E-state index contributed by atoms with van der Waals surface area (Å²) in [6.07, 6.45) is -0.985. The van der Waals surface area contributed by atoms with E-state index in [4.69, 9.17) is 9.72 Å². The van der Waals surface area contributed by atoms with Crippen LogP contribution in [0.4, 0.5) is 30.8 Å². The first-order valence-electron chi connectivity index (χ1n) is 11.3. The molecule has 10 nitrogen and oxygen atoms in total. The second kappa shape index (κ2) is 10.4. The van der Waals surface area contributed by atoms with Crippen LogP contribution < -0.4 is 10.2 Å². The van der Waals surface area contributed by atoms with Crippen molar-refractivity contribution in [1.29, 1.82) is 0 Å². The number of carboxylic acids is 1. The van der Waals surface area contributed by atoms with Gasteiger partial charge in [0.25, 0.3) is 0 Å². The monoisotopic (exact) mass is 493 g/mol. The summed E-state index contributed by atoms with van der Waals surface area (Å²) < 4.78 is 43.7. The van der Waals surface area contributed by atoms with Gasteiger partial charge in [0, 0.05) is 19.3 Å². The van der Waals surface area contributed by atoms with Gasteiger partial charge in [0.15, 0.2) is 5.82 Å². The Morgan fingerprint density at radius 1 is 1.31 bits per heavy atom. The third-order valence-corrected chi connectivity index (χ3v) is 5.66. The minimum atomic E-state index is -4.41. The molecule has 0 spiro atoms. The van der Waals surface area contributed by atoms with Crippen molar-refractivity contribution in [1.82, 2.24) is 24.7 Å². The van der Waals surface area contributed by atoms with E-state index in [1.807, 2.05) is 11.8 Å². The molecule has 0 amide bonds. The standard InChI is InChI=1S/C22H26F3N7O3/c1-2-15-17-18(32(30-15)10-11-35-13-22(23,24)25)19(27-16-7-3-4-8-26-16)29-21(28-17)31-9-5-6-14(12-31)20(33)34/h3-4,7-8,14H,2,5-6,9-13H2,1H3,(H,33,34)(H,26,27,28,29)/t14-/m1/s1. The first kappa shape index (κ1) is 24.6. The summed E-state index contributed by atoms with van der Waals surface area (Å²) >= 11 is 0. The fourth-order valence-corrected chi connectivity index (χ4v) is 4.02. The zero-order chi connectivity index (χ0) is 25.0. The lowest BCUT2D eigenvalue weighted by molar-refractivity contribution is -0.174.